The molecule has 148 valence electrons. The molecule has 0 bridgehead atoms. The summed E-state index contributed by atoms with van der Waals surface area (Å²) in [5.74, 6) is 1.24. The van der Waals surface area contributed by atoms with Crippen molar-refractivity contribution in [3.8, 4) is 28.5 Å². The van der Waals surface area contributed by atoms with Crippen LogP contribution in [-0.2, 0) is 23.1 Å². The topological polar surface area (TPSA) is 158 Å². The number of nitrogens with zero attached hydrogens (tertiary/aromatic N) is 6. The number of aromatic nitrogens is 7. The highest BCUT2D eigenvalue weighted by atomic mass is 16.3. The van der Waals surface area contributed by atoms with E-state index in [1.807, 2.05) is 37.5 Å². The van der Waals surface area contributed by atoms with Crippen molar-refractivity contribution in [3.05, 3.63) is 54.9 Å². The number of carboxylic acid groups (broad SMARTS) is 1. The van der Waals surface area contributed by atoms with E-state index in [1.165, 1.54) is 0 Å². The van der Waals surface area contributed by atoms with Gasteiger partial charge in [0, 0.05) is 30.6 Å². The molecular weight excluding hydrogens is 376 g/mol. The number of aryl methyl sites for hydroxylation is 1. The lowest BCUT2D eigenvalue weighted by Gasteiger charge is -2.05. The first-order valence-electron chi connectivity index (χ1n) is 8.43. The molecule has 29 heavy (non-hydrogen) atoms. The van der Waals surface area contributed by atoms with Crippen molar-refractivity contribution in [3.63, 3.8) is 0 Å². The average molecular weight is 394 g/mol. The molecule has 3 heterocycles. The molecule has 0 saturated heterocycles. The van der Waals surface area contributed by atoms with Gasteiger partial charge in [0.2, 0.25) is 5.91 Å². The van der Waals surface area contributed by atoms with E-state index in [0.717, 1.165) is 22.6 Å². The summed E-state index contributed by atoms with van der Waals surface area (Å²) in [6, 6.07) is 7.77. The third-order valence-corrected chi connectivity index (χ3v) is 3.81. The first kappa shape index (κ1) is 19.5. The molecule has 0 spiro atoms. The van der Waals surface area contributed by atoms with Crippen LogP contribution in [0.3, 0.4) is 0 Å². The summed E-state index contributed by atoms with van der Waals surface area (Å²) in [6.45, 7) is -0.250. The van der Waals surface area contributed by atoms with Gasteiger partial charge in [-0.2, -0.15) is 10.2 Å². The van der Waals surface area contributed by atoms with Gasteiger partial charge in [-0.25, -0.2) is 14.6 Å². The smallest absolute Gasteiger partial charge is 0.290 e. The van der Waals surface area contributed by atoms with E-state index in [4.69, 9.17) is 15.6 Å². The van der Waals surface area contributed by atoms with Gasteiger partial charge in [0.25, 0.3) is 6.47 Å². The maximum Gasteiger partial charge on any atom is 0.290 e. The normalized spacial score (nSPS) is 10.2. The molecular formula is C18H18N8O3. The predicted octanol–water partition coefficient (Wildman–Crippen LogP) is 0.786. The zero-order valence-corrected chi connectivity index (χ0v) is 15.4. The fraction of sp³-hybridized carbons (Fsp3) is 0.111. The Hall–Kier alpha value is -4.28. The molecule has 0 aliphatic carbocycles. The Labute approximate surface area is 164 Å². The number of nitrogens with one attached hydrogen (secondary N) is 1. The molecule has 0 atom stereocenters. The summed E-state index contributed by atoms with van der Waals surface area (Å²) < 4.78 is 3.33. The summed E-state index contributed by atoms with van der Waals surface area (Å²) in [5.41, 5.74) is 7.80. The highest BCUT2D eigenvalue weighted by Gasteiger charge is 2.17. The number of amides is 1. The maximum absolute atomic E-state index is 11.3. The van der Waals surface area contributed by atoms with Gasteiger partial charge in [-0.05, 0) is 6.07 Å². The highest BCUT2D eigenvalue weighted by molar-refractivity contribution is 5.76. The minimum Gasteiger partial charge on any atom is -0.483 e. The molecule has 0 fully saturated rings. The summed E-state index contributed by atoms with van der Waals surface area (Å²) in [4.78, 5) is 31.5. The third kappa shape index (κ3) is 4.53. The number of carbonyl (C=O) groups is 2. The van der Waals surface area contributed by atoms with Crippen LogP contribution in [-0.4, -0.2) is 52.0 Å². The van der Waals surface area contributed by atoms with E-state index in [9.17, 15) is 4.79 Å². The summed E-state index contributed by atoms with van der Waals surface area (Å²) in [5, 5.41) is 15.5. The van der Waals surface area contributed by atoms with Crippen molar-refractivity contribution in [1.29, 1.82) is 0 Å². The Morgan fingerprint density at radius 2 is 2.10 bits per heavy atom. The quantitative estimate of drug-likeness (QED) is 0.422. The summed E-state index contributed by atoms with van der Waals surface area (Å²) >= 11 is 0. The number of benzene rings is 1. The number of imidazole rings is 1. The fourth-order valence-corrected chi connectivity index (χ4v) is 2.70. The molecule has 4 rings (SSSR count). The Balaban J connectivity index is 0.000000755. The van der Waals surface area contributed by atoms with Gasteiger partial charge in [0.05, 0.1) is 18.8 Å². The number of hydrogen-bond acceptors (Lipinski definition) is 6. The van der Waals surface area contributed by atoms with Gasteiger partial charge in [-0.15, -0.1) is 0 Å². The minimum absolute atomic E-state index is 0.0296. The van der Waals surface area contributed by atoms with Crippen LogP contribution < -0.4 is 5.73 Å². The fourth-order valence-electron chi connectivity index (χ4n) is 2.70. The Bertz CT molecular complexity index is 1110. The maximum atomic E-state index is 11.3. The molecule has 11 nitrogen and oxygen atoms in total. The Kier molecular flexibility index (Phi) is 5.78. The van der Waals surface area contributed by atoms with Gasteiger partial charge in [0.1, 0.15) is 11.5 Å². The second-order valence-electron chi connectivity index (χ2n) is 5.90. The lowest BCUT2D eigenvalue weighted by molar-refractivity contribution is -0.123. The molecule has 4 aromatic rings. The Morgan fingerprint density at radius 3 is 2.72 bits per heavy atom. The second-order valence-corrected chi connectivity index (χ2v) is 5.90. The Morgan fingerprint density at radius 1 is 1.34 bits per heavy atom. The van der Waals surface area contributed by atoms with E-state index in [-0.39, 0.29) is 12.9 Å². The van der Waals surface area contributed by atoms with E-state index >= 15 is 0 Å². The van der Waals surface area contributed by atoms with Crippen LogP contribution in [0, 0.1) is 0 Å². The largest absolute Gasteiger partial charge is 0.483 e. The van der Waals surface area contributed by atoms with Gasteiger partial charge >= 0.3 is 0 Å². The third-order valence-electron chi connectivity index (χ3n) is 3.81. The van der Waals surface area contributed by atoms with E-state index in [0.29, 0.717) is 11.6 Å². The number of carbonyl (C=O) groups excluding carboxylic acids is 1. The lowest BCUT2D eigenvalue weighted by Crippen LogP contribution is -2.14. The van der Waals surface area contributed by atoms with Crippen LogP contribution in [0.25, 0.3) is 28.5 Å². The molecule has 1 amide bonds. The highest BCUT2D eigenvalue weighted by Crippen LogP contribution is 2.25. The van der Waals surface area contributed by atoms with Crippen molar-refractivity contribution in [2.45, 2.75) is 6.42 Å². The van der Waals surface area contributed by atoms with Crippen molar-refractivity contribution < 1.29 is 14.7 Å². The number of primary amides is 1. The summed E-state index contributed by atoms with van der Waals surface area (Å²) in [6.07, 6.45) is 6.94. The average Bonchev–Trinajstić information content (AvgIpc) is 3.42. The minimum atomic E-state index is -0.482. The molecule has 0 aliphatic heterocycles. The number of H-pyrrole nitrogens is 1. The predicted molar refractivity (Wildman–Crippen MR) is 103 cm³/mol. The van der Waals surface area contributed by atoms with Crippen LogP contribution in [0.15, 0.2) is 49.1 Å². The number of nitrogens with two attached hydrogens (primary N) is 1. The first-order valence-corrected chi connectivity index (χ1v) is 8.43. The van der Waals surface area contributed by atoms with Crippen LogP contribution in [0.1, 0.15) is 5.82 Å². The van der Waals surface area contributed by atoms with Crippen LogP contribution in [0.2, 0.25) is 0 Å². The summed E-state index contributed by atoms with van der Waals surface area (Å²) in [7, 11) is 1.82. The van der Waals surface area contributed by atoms with Crippen LogP contribution >= 0.6 is 0 Å². The lowest BCUT2D eigenvalue weighted by atomic mass is 10.1. The molecule has 0 unspecified atom stereocenters. The standard InChI is InChI=1S/C17H16N8O.CH2O2/c1-24-10-13(9-21-24)25-17(22-15(23-25)8-14(18)26)12-4-2-3-11(7-12)16-19-5-6-20-16;2-1-3/h2-7,9-10H,8H2,1H3,(H2,18,26)(H,19,20);1H,(H,2,3). The molecule has 1 aromatic carbocycles. The number of rotatable bonds is 5. The van der Waals surface area contributed by atoms with Gasteiger partial charge in [-0.3, -0.25) is 14.3 Å². The zero-order chi connectivity index (χ0) is 20.8. The number of aromatic amines is 1. The zero-order valence-electron chi connectivity index (χ0n) is 15.4. The van der Waals surface area contributed by atoms with Crippen molar-refractivity contribution >= 4 is 12.4 Å². The molecule has 0 radical (unpaired) electrons. The number of hydrogen-bond donors (Lipinski definition) is 3. The van der Waals surface area contributed by atoms with Gasteiger partial charge < -0.3 is 15.8 Å². The monoisotopic (exact) mass is 394 g/mol. The van der Waals surface area contributed by atoms with Gasteiger partial charge in [-0.1, -0.05) is 18.2 Å². The molecule has 11 heteroatoms. The van der Waals surface area contributed by atoms with E-state index < -0.39 is 5.91 Å². The van der Waals surface area contributed by atoms with Crippen molar-refractivity contribution in [1.82, 2.24) is 34.5 Å². The van der Waals surface area contributed by atoms with Crippen molar-refractivity contribution in [2.75, 3.05) is 0 Å². The SMILES string of the molecule is Cn1cc(-n2nc(CC(N)=O)nc2-c2cccc(-c3ncc[nH]3)c2)cn1.O=CO. The van der Waals surface area contributed by atoms with E-state index in [2.05, 4.69) is 25.1 Å². The molecule has 0 aliphatic rings. The second kappa shape index (κ2) is 8.61. The molecule has 3 aromatic heterocycles. The van der Waals surface area contributed by atoms with Crippen molar-refractivity contribution in [2.24, 2.45) is 12.8 Å². The molecule has 0 saturated carbocycles. The molecule has 4 N–H and O–H groups in total. The van der Waals surface area contributed by atoms with E-state index in [1.54, 1.807) is 28.0 Å². The van der Waals surface area contributed by atoms with Crippen LogP contribution in [0.4, 0.5) is 0 Å². The van der Waals surface area contributed by atoms with Crippen LogP contribution in [0.5, 0.6) is 0 Å². The van der Waals surface area contributed by atoms with Gasteiger partial charge in [0.15, 0.2) is 11.6 Å². The first-order chi connectivity index (χ1) is 14.0.